The summed E-state index contributed by atoms with van der Waals surface area (Å²) in [4.78, 5) is 0. The summed E-state index contributed by atoms with van der Waals surface area (Å²) < 4.78 is 0. The third-order valence-corrected chi connectivity index (χ3v) is 2.88. The maximum absolute atomic E-state index is 3.94. The molecule has 0 spiro atoms. The van der Waals surface area contributed by atoms with Crippen molar-refractivity contribution in [2.45, 2.75) is 25.8 Å². The van der Waals surface area contributed by atoms with E-state index in [0.717, 1.165) is 12.5 Å². The van der Waals surface area contributed by atoms with Crippen molar-refractivity contribution in [1.82, 2.24) is 5.32 Å². The topological polar surface area (TPSA) is 12.0 Å². The molecular formula is C14H19N. The van der Waals surface area contributed by atoms with Gasteiger partial charge in [0.2, 0.25) is 0 Å². The standard InChI is InChI=1S/C14H19N/c1-11(2)10-15-14(13-8-9-13)12-6-4-3-5-7-12/h3-7,13-15H,1,8-10H2,2H3. The molecule has 1 aliphatic carbocycles. The normalized spacial score (nSPS) is 17.4. The molecule has 15 heavy (non-hydrogen) atoms. The molecule has 1 aromatic rings. The van der Waals surface area contributed by atoms with Gasteiger partial charge in [-0.3, -0.25) is 0 Å². The predicted molar refractivity (Wildman–Crippen MR) is 64.7 cm³/mol. The molecule has 1 N–H and O–H groups in total. The molecule has 1 aromatic carbocycles. The Balaban J connectivity index is 2.03. The minimum atomic E-state index is 0.530. The lowest BCUT2D eigenvalue weighted by atomic mass is 10.0. The molecule has 0 amide bonds. The van der Waals surface area contributed by atoms with Gasteiger partial charge in [0.05, 0.1) is 0 Å². The lowest BCUT2D eigenvalue weighted by Crippen LogP contribution is -2.24. The monoisotopic (exact) mass is 201 g/mol. The van der Waals surface area contributed by atoms with E-state index in [1.165, 1.54) is 24.0 Å². The smallest absolute Gasteiger partial charge is 0.0351 e. The third kappa shape index (κ3) is 2.93. The molecule has 0 saturated heterocycles. The van der Waals surface area contributed by atoms with E-state index in [0.29, 0.717) is 6.04 Å². The summed E-state index contributed by atoms with van der Waals surface area (Å²) in [5.74, 6) is 0.840. The maximum atomic E-state index is 3.94. The van der Waals surface area contributed by atoms with Crippen molar-refractivity contribution >= 4 is 0 Å². The van der Waals surface area contributed by atoms with E-state index >= 15 is 0 Å². The van der Waals surface area contributed by atoms with Gasteiger partial charge < -0.3 is 5.32 Å². The Morgan fingerprint density at radius 2 is 2.07 bits per heavy atom. The van der Waals surface area contributed by atoms with Crippen LogP contribution in [0.1, 0.15) is 31.4 Å². The zero-order chi connectivity index (χ0) is 10.7. The summed E-state index contributed by atoms with van der Waals surface area (Å²) in [6.45, 7) is 6.94. The molecule has 1 heteroatoms. The zero-order valence-electron chi connectivity index (χ0n) is 9.37. The zero-order valence-corrected chi connectivity index (χ0v) is 9.37. The van der Waals surface area contributed by atoms with Crippen LogP contribution in [0.25, 0.3) is 0 Å². The third-order valence-electron chi connectivity index (χ3n) is 2.88. The van der Waals surface area contributed by atoms with Gasteiger partial charge in [0.15, 0.2) is 0 Å². The Labute approximate surface area is 92.2 Å². The van der Waals surface area contributed by atoms with E-state index in [9.17, 15) is 0 Å². The van der Waals surface area contributed by atoms with Crippen LogP contribution in [0.15, 0.2) is 42.5 Å². The van der Waals surface area contributed by atoms with E-state index in [4.69, 9.17) is 0 Å². The fourth-order valence-electron chi connectivity index (χ4n) is 1.93. The average molecular weight is 201 g/mol. The molecule has 2 rings (SSSR count). The molecule has 0 bridgehead atoms. The molecule has 1 aliphatic rings. The van der Waals surface area contributed by atoms with Crippen LogP contribution in [0.3, 0.4) is 0 Å². The van der Waals surface area contributed by atoms with Gasteiger partial charge in [-0.15, -0.1) is 0 Å². The van der Waals surface area contributed by atoms with Crippen molar-refractivity contribution in [1.29, 1.82) is 0 Å². The summed E-state index contributed by atoms with van der Waals surface area (Å²) >= 11 is 0. The van der Waals surface area contributed by atoms with Crippen LogP contribution < -0.4 is 5.32 Å². The van der Waals surface area contributed by atoms with Crippen molar-refractivity contribution < 1.29 is 0 Å². The van der Waals surface area contributed by atoms with E-state index < -0.39 is 0 Å². The van der Waals surface area contributed by atoms with Crippen molar-refractivity contribution in [3.8, 4) is 0 Å². The van der Waals surface area contributed by atoms with Gasteiger partial charge >= 0.3 is 0 Å². The Hall–Kier alpha value is -1.08. The summed E-state index contributed by atoms with van der Waals surface area (Å²) in [5.41, 5.74) is 2.62. The van der Waals surface area contributed by atoms with Gasteiger partial charge in [-0.25, -0.2) is 0 Å². The van der Waals surface area contributed by atoms with Gasteiger partial charge in [-0.05, 0) is 31.2 Å². The van der Waals surface area contributed by atoms with Gasteiger partial charge in [0.1, 0.15) is 0 Å². The van der Waals surface area contributed by atoms with Crippen LogP contribution >= 0.6 is 0 Å². The molecule has 0 aromatic heterocycles. The molecule has 0 heterocycles. The molecule has 1 nitrogen and oxygen atoms in total. The van der Waals surface area contributed by atoms with Gasteiger partial charge in [0, 0.05) is 12.6 Å². The quantitative estimate of drug-likeness (QED) is 0.721. The van der Waals surface area contributed by atoms with Crippen molar-refractivity contribution in [3.05, 3.63) is 48.0 Å². The van der Waals surface area contributed by atoms with E-state index in [1.54, 1.807) is 0 Å². The second-order valence-corrected chi connectivity index (χ2v) is 4.56. The molecule has 1 saturated carbocycles. The minimum Gasteiger partial charge on any atom is -0.306 e. The first-order chi connectivity index (χ1) is 7.27. The second kappa shape index (κ2) is 4.63. The number of rotatable bonds is 5. The van der Waals surface area contributed by atoms with Crippen molar-refractivity contribution in [2.75, 3.05) is 6.54 Å². The highest BCUT2D eigenvalue weighted by molar-refractivity contribution is 5.21. The first-order valence-corrected chi connectivity index (χ1v) is 5.70. The van der Waals surface area contributed by atoms with Crippen LogP contribution in [0, 0.1) is 5.92 Å². The highest BCUT2D eigenvalue weighted by Gasteiger charge is 2.31. The van der Waals surface area contributed by atoms with Crippen molar-refractivity contribution in [3.63, 3.8) is 0 Å². The first-order valence-electron chi connectivity index (χ1n) is 5.70. The average Bonchev–Trinajstić information content (AvgIpc) is 3.03. The lowest BCUT2D eigenvalue weighted by Gasteiger charge is -2.18. The molecule has 80 valence electrons. The summed E-state index contributed by atoms with van der Waals surface area (Å²) in [7, 11) is 0. The van der Waals surface area contributed by atoms with Crippen LogP contribution in [0.5, 0.6) is 0 Å². The summed E-state index contributed by atoms with van der Waals surface area (Å²) in [6.07, 6.45) is 2.73. The Bertz CT molecular complexity index is 324. The molecule has 1 atom stereocenters. The fraction of sp³-hybridized carbons (Fsp3) is 0.429. The van der Waals surface area contributed by atoms with E-state index in [1.807, 2.05) is 0 Å². The van der Waals surface area contributed by atoms with E-state index in [2.05, 4.69) is 49.2 Å². The molecule has 1 fully saturated rings. The Morgan fingerprint density at radius 1 is 1.40 bits per heavy atom. The summed E-state index contributed by atoms with van der Waals surface area (Å²) in [5, 5.41) is 3.60. The molecule has 0 aliphatic heterocycles. The van der Waals surface area contributed by atoms with Crippen LogP contribution in [-0.4, -0.2) is 6.54 Å². The minimum absolute atomic E-state index is 0.530. The number of hydrogen-bond acceptors (Lipinski definition) is 1. The number of benzene rings is 1. The predicted octanol–water partition coefficient (Wildman–Crippen LogP) is 3.30. The van der Waals surface area contributed by atoms with Gasteiger partial charge in [0.25, 0.3) is 0 Å². The number of hydrogen-bond donors (Lipinski definition) is 1. The maximum Gasteiger partial charge on any atom is 0.0351 e. The highest BCUT2D eigenvalue weighted by Crippen LogP contribution is 2.40. The largest absolute Gasteiger partial charge is 0.306 e. The van der Waals surface area contributed by atoms with Crippen LogP contribution in [-0.2, 0) is 0 Å². The van der Waals surface area contributed by atoms with Gasteiger partial charge in [-0.1, -0.05) is 42.5 Å². The Morgan fingerprint density at radius 3 is 2.60 bits per heavy atom. The highest BCUT2D eigenvalue weighted by atomic mass is 14.9. The van der Waals surface area contributed by atoms with Gasteiger partial charge in [-0.2, -0.15) is 0 Å². The van der Waals surface area contributed by atoms with Crippen LogP contribution in [0.4, 0.5) is 0 Å². The Kier molecular flexibility index (Phi) is 3.22. The SMILES string of the molecule is C=C(C)CNC(c1ccccc1)C1CC1. The number of nitrogens with one attached hydrogen (secondary N) is 1. The molecular weight excluding hydrogens is 182 g/mol. The first kappa shape index (κ1) is 10.4. The lowest BCUT2D eigenvalue weighted by molar-refractivity contribution is 0.502. The molecule has 0 radical (unpaired) electrons. The summed E-state index contributed by atoms with van der Waals surface area (Å²) in [6, 6.07) is 11.3. The molecule has 1 unspecified atom stereocenters. The second-order valence-electron chi connectivity index (χ2n) is 4.56. The van der Waals surface area contributed by atoms with E-state index in [-0.39, 0.29) is 0 Å². The fourth-order valence-corrected chi connectivity index (χ4v) is 1.93. The van der Waals surface area contributed by atoms with Crippen molar-refractivity contribution in [2.24, 2.45) is 5.92 Å². The van der Waals surface area contributed by atoms with Crippen LogP contribution in [0.2, 0.25) is 0 Å².